The van der Waals surface area contributed by atoms with E-state index in [-0.39, 0.29) is 23.9 Å². The number of carbonyl (C=O) groups is 1. The van der Waals surface area contributed by atoms with Crippen LogP contribution in [-0.4, -0.2) is 46.0 Å². The summed E-state index contributed by atoms with van der Waals surface area (Å²) >= 11 is 7.52. The Kier molecular flexibility index (Phi) is 7.75. The lowest BCUT2D eigenvalue weighted by atomic mass is 10.1. The molecule has 2 heterocycles. The Morgan fingerprint density at radius 2 is 1.64 bits per heavy atom. The highest BCUT2D eigenvalue weighted by Gasteiger charge is 2.28. The molecule has 0 saturated carbocycles. The number of carbonyl (C=O) groups excluding carboxylic acids is 1. The van der Waals surface area contributed by atoms with Crippen molar-refractivity contribution in [2.75, 3.05) is 13.1 Å². The van der Waals surface area contributed by atoms with Gasteiger partial charge in [0, 0.05) is 36.6 Å². The van der Waals surface area contributed by atoms with Crippen LogP contribution in [0.5, 0.6) is 0 Å². The molecule has 2 aromatic carbocycles. The monoisotopic (exact) mass is 487 g/mol. The summed E-state index contributed by atoms with van der Waals surface area (Å²) in [6, 6.07) is 14.3. The minimum atomic E-state index is -0.252. The lowest BCUT2D eigenvalue weighted by Gasteiger charge is -2.34. The molecule has 1 aliphatic heterocycles. The molecule has 0 spiro atoms. The highest BCUT2D eigenvalue weighted by atomic mass is 35.5. The number of hydrogen-bond acceptors (Lipinski definition) is 5. The maximum absolute atomic E-state index is 13.4. The fourth-order valence-corrected chi connectivity index (χ4v) is 4.98. The Morgan fingerprint density at radius 3 is 2.24 bits per heavy atom. The number of aromatic nitrogens is 1. The predicted octanol–water partition coefficient (Wildman–Crippen LogP) is 5.39. The van der Waals surface area contributed by atoms with Gasteiger partial charge in [0.1, 0.15) is 16.5 Å². The average Bonchev–Trinajstić information content (AvgIpc) is 3.24. The van der Waals surface area contributed by atoms with Crippen LogP contribution in [-0.2, 0) is 24.4 Å². The van der Waals surface area contributed by atoms with Crippen LogP contribution >= 0.6 is 22.9 Å². The Balaban J connectivity index is 1.48. The maximum Gasteiger partial charge on any atom is 0.273 e. The molecule has 1 aromatic heterocycles. The number of thiazole rings is 1. The molecule has 2 atom stereocenters. The quantitative estimate of drug-likeness (QED) is 0.448. The van der Waals surface area contributed by atoms with Crippen molar-refractivity contribution >= 4 is 28.8 Å². The second-order valence-electron chi connectivity index (χ2n) is 8.49. The first kappa shape index (κ1) is 23.8. The summed E-state index contributed by atoms with van der Waals surface area (Å²) in [5.74, 6) is -0.305. The maximum atomic E-state index is 13.4. The fourth-order valence-electron chi connectivity index (χ4n) is 4.04. The van der Waals surface area contributed by atoms with Crippen LogP contribution in [0.1, 0.15) is 40.5 Å². The number of benzene rings is 2. The molecule has 0 bridgehead atoms. The van der Waals surface area contributed by atoms with E-state index >= 15 is 0 Å². The van der Waals surface area contributed by atoms with E-state index in [0.29, 0.717) is 43.4 Å². The third-order valence-electron chi connectivity index (χ3n) is 5.48. The summed E-state index contributed by atoms with van der Waals surface area (Å²) in [5.41, 5.74) is 2.60. The first-order valence-corrected chi connectivity index (χ1v) is 12.2. The summed E-state index contributed by atoms with van der Waals surface area (Å²) in [6.07, 6.45) is 0.0303. The zero-order valence-corrected chi connectivity index (χ0v) is 20.3. The first-order valence-electron chi connectivity index (χ1n) is 11.0. The summed E-state index contributed by atoms with van der Waals surface area (Å²) in [4.78, 5) is 21.7. The average molecular weight is 488 g/mol. The van der Waals surface area contributed by atoms with Gasteiger partial charge in [0.15, 0.2) is 0 Å². The smallest absolute Gasteiger partial charge is 0.273 e. The largest absolute Gasteiger partial charge is 0.372 e. The van der Waals surface area contributed by atoms with Gasteiger partial charge in [-0.1, -0.05) is 35.9 Å². The first-order chi connectivity index (χ1) is 15.9. The van der Waals surface area contributed by atoms with Crippen LogP contribution < -0.4 is 0 Å². The number of hydrogen-bond donors (Lipinski definition) is 0. The molecular formula is C25H27ClFN3O2S. The van der Waals surface area contributed by atoms with Gasteiger partial charge in [-0.3, -0.25) is 9.69 Å². The van der Waals surface area contributed by atoms with Crippen LogP contribution in [0, 0.1) is 5.82 Å². The van der Waals surface area contributed by atoms with Crippen LogP contribution in [0.4, 0.5) is 4.39 Å². The molecule has 0 N–H and O–H groups in total. The van der Waals surface area contributed by atoms with Crippen LogP contribution in [0.2, 0.25) is 5.02 Å². The van der Waals surface area contributed by atoms with Crippen LogP contribution in [0.25, 0.3) is 0 Å². The molecular weight excluding hydrogens is 461 g/mol. The van der Waals surface area contributed by atoms with Gasteiger partial charge in [-0.15, -0.1) is 11.3 Å². The van der Waals surface area contributed by atoms with E-state index in [0.717, 1.165) is 16.1 Å². The van der Waals surface area contributed by atoms with Crippen molar-refractivity contribution in [2.24, 2.45) is 0 Å². The highest BCUT2D eigenvalue weighted by Crippen LogP contribution is 2.21. The zero-order chi connectivity index (χ0) is 23.4. The molecule has 0 radical (unpaired) electrons. The zero-order valence-electron chi connectivity index (χ0n) is 18.7. The third-order valence-corrected chi connectivity index (χ3v) is 6.56. The molecule has 0 aliphatic carbocycles. The normalized spacial score (nSPS) is 18.6. The topological polar surface area (TPSA) is 45.7 Å². The summed E-state index contributed by atoms with van der Waals surface area (Å²) in [7, 11) is 0. The minimum Gasteiger partial charge on any atom is -0.372 e. The molecule has 174 valence electrons. The number of ether oxygens (including phenoxy) is 1. The fraction of sp³-hybridized carbons (Fsp3) is 0.360. The molecule has 1 amide bonds. The molecule has 4 rings (SSSR count). The van der Waals surface area contributed by atoms with Gasteiger partial charge >= 0.3 is 0 Å². The number of nitrogens with zero attached hydrogens (tertiary/aromatic N) is 3. The Morgan fingerprint density at radius 1 is 1.06 bits per heavy atom. The van der Waals surface area contributed by atoms with Gasteiger partial charge in [-0.05, 0) is 49.2 Å². The van der Waals surface area contributed by atoms with Gasteiger partial charge in [0.2, 0.25) is 0 Å². The standard InChI is InChI=1S/C25H27ClFN3O2S/c1-17-11-30(12-18(2)32-17)25(31)23-16-33-24(28-23)15-29(13-19-3-7-21(26)8-4-19)14-20-5-9-22(27)10-6-20/h3-10,16-18H,11-15H2,1-2H3. The second-order valence-corrected chi connectivity index (χ2v) is 9.87. The summed E-state index contributed by atoms with van der Waals surface area (Å²) in [6.45, 7) is 6.99. The Bertz CT molecular complexity index is 1020. The van der Waals surface area contributed by atoms with Crippen molar-refractivity contribution in [3.8, 4) is 0 Å². The van der Waals surface area contributed by atoms with Crippen LogP contribution in [0.3, 0.4) is 0 Å². The van der Waals surface area contributed by atoms with Crippen molar-refractivity contribution < 1.29 is 13.9 Å². The highest BCUT2D eigenvalue weighted by molar-refractivity contribution is 7.09. The van der Waals surface area contributed by atoms with E-state index in [9.17, 15) is 9.18 Å². The summed E-state index contributed by atoms with van der Waals surface area (Å²) < 4.78 is 19.1. The lowest BCUT2D eigenvalue weighted by molar-refractivity contribution is -0.0587. The van der Waals surface area contributed by atoms with E-state index in [1.165, 1.54) is 23.5 Å². The molecule has 3 aromatic rings. The van der Waals surface area contributed by atoms with Gasteiger partial charge in [-0.25, -0.2) is 9.37 Å². The van der Waals surface area contributed by atoms with E-state index in [2.05, 4.69) is 9.88 Å². The molecule has 2 unspecified atom stereocenters. The van der Waals surface area contributed by atoms with Gasteiger partial charge in [0.05, 0.1) is 18.8 Å². The Labute approximate surface area is 202 Å². The van der Waals surface area contributed by atoms with Crippen LogP contribution in [0.15, 0.2) is 53.9 Å². The van der Waals surface area contributed by atoms with Crippen molar-refractivity contribution in [2.45, 2.75) is 45.7 Å². The molecule has 5 nitrogen and oxygen atoms in total. The molecule has 33 heavy (non-hydrogen) atoms. The number of rotatable bonds is 7. The summed E-state index contributed by atoms with van der Waals surface area (Å²) in [5, 5.41) is 3.39. The minimum absolute atomic E-state index is 0.0152. The second kappa shape index (κ2) is 10.7. The Hall–Kier alpha value is -2.32. The SMILES string of the molecule is CC1CN(C(=O)c2csc(CN(Cc3ccc(F)cc3)Cc3ccc(Cl)cc3)n2)CC(C)O1. The molecule has 1 fully saturated rings. The van der Waals surface area contributed by atoms with Gasteiger partial charge < -0.3 is 9.64 Å². The third kappa shape index (κ3) is 6.60. The van der Waals surface area contributed by atoms with E-state index in [1.54, 1.807) is 12.1 Å². The van der Waals surface area contributed by atoms with Gasteiger partial charge in [-0.2, -0.15) is 0 Å². The van der Waals surface area contributed by atoms with Crippen molar-refractivity contribution in [3.05, 3.63) is 86.6 Å². The number of halogens is 2. The van der Waals surface area contributed by atoms with Crippen molar-refractivity contribution in [1.82, 2.24) is 14.8 Å². The number of amides is 1. The van der Waals surface area contributed by atoms with E-state index in [4.69, 9.17) is 16.3 Å². The van der Waals surface area contributed by atoms with Crippen molar-refractivity contribution in [3.63, 3.8) is 0 Å². The predicted molar refractivity (Wildman–Crippen MR) is 129 cm³/mol. The molecule has 1 aliphatic rings. The lowest BCUT2D eigenvalue weighted by Crippen LogP contribution is -2.48. The number of morpholine rings is 1. The molecule has 8 heteroatoms. The van der Waals surface area contributed by atoms with E-state index < -0.39 is 0 Å². The van der Waals surface area contributed by atoms with E-state index in [1.807, 2.05) is 48.4 Å². The molecule has 1 saturated heterocycles. The van der Waals surface area contributed by atoms with Crippen molar-refractivity contribution in [1.29, 1.82) is 0 Å². The van der Waals surface area contributed by atoms with Gasteiger partial charge in [0.25, 0.3) is 5.91 Å².